The monoisotopic (exact) mass is 548 g/mol. The highest BCUT2D eigenvalue weighted by Gasteiger charge is 2.35. The molecule has 10 nitrogen and oxygen atoms in total. The third-order valence-electron chi connectivity index (χ3n) is 7.16. The van der Waals surface area contributed by atoms with Crippen LogP contribution in [0.15, 0.2) is 30.7 Å². The van der Waals surface area contributed by atoms with E-state index in [1.807, 2.05) is 9.47 Å². The van der Waals surface area contributed by atoms with Gasteiger partial charge in [0.05, 0.1) is 11.3 Å². The Morgan fingerprint density at radius 1 is 1.10 bits per heavy atom. The smallest absolute Gasteiger partial charge is 0.403 e. The molecule has 0 unspecified atom stereocenters. The van der Waals surface area contributed by atoms with E-state index in [2.05, 4.69) is 14.9 Å². The summed E-state index contributed by atoms with van der Waals surface area (Å²) in [5.41, 5.74) is 10.3. The van der Waals surface area contributed by atoms with Crippen LogP contribution in [-0.4, -0.2) is 63.2 Å². The van der Waals surface area contributed by atoms with Crippen molar-refractivity contribution in [1.29, 1.82) is 0 Å². The molecule has 2 fully saturated rings. The molecule has 0 spiro atoms. The van der Waals surface area contributed by atoms with Gasteiger partial charge in [-0.2, -0.15) is 13.2 Å². The minimum Gasteiger partial charge on any atom is -0.403 e. The maximum Gasteiger partial charge on any atom is 0.419 e. The number of nitrogens with two attached hydrogens (primary N) is 2. The van der Waals surface area contributed by atoms with Crippen molar-refractivity contribution in [3.63, 3.8) is 0 Å². The van der Waals surface area contributed by atoms with Crippen molar-refractivity contribution in [2.45, 2.75) is 37.9 Å². The van der Waals surface area contributed by atoms with Gasteiger partial charge >= 0.3 is 12.3 Å². The van der Waals surface area contributed by atoms with Gasteiger partial charge in [0.2, 0.25) is 5.75 Å². The van der Waals surface area contributed by atoms with E-state index in [1.165, 1.54) is 12.4 Å². The molecule has 1 amide bonds. The fraction of sp³-hybridized carbons (Fsp3) is 0.440. The standard InChI is InChI=1S/C25H28F4N8O2/c26-18-3-2-16(12-17(18)25(27,28)29)19-13-37(11-10-35-6-1-7-35)22(34-19)15-4-8-36(9-5-15)23-20(39-24(31)38)21(30)32-14-33-23/h2-3,12-15H,1,4-11H2,(H2,31,38)(H2,30,32,33). The number of imidazole rings is 1. The number of ether oxygens (including phenoxy) is 1. The van der Waals surface area contributed by atoms with Crippen molar-refractivity contribution in [3.05, 3.63) is 47.9 Å². The molecular weight excluding hydrogens is 520 g/mol. The molecule has 0 aliphatic carbocycles. The van der Waals surface area contributed by atoms with Crippen LogP contribution in [0.25, 0.3) is 11.3 Å². The van der Waals surface area contributed by atoms with E-state index in [0.29, 0.717) is 44.0 Å². The molecule has 39 heavy (non-hydrogen) atoms. The lowest BCUT2D eigenvalue weighted by molar-refractivity contribution is -0.139. The van der Waals surface area contributed by atoms with Crippen LogP contribution in [0.4, 0.5) is 34.0 Å². The highest BCUT2D eigenvalue weighted by atomic mass is 19.4. The summed E-state index contributed by atoms with van der Waals surface area (Å²) < 4.78 is 61.0. The number of aromatic nitrogens is 4. The van der Waals surface area contributed by atoms with E-state index in [9.17, 15) is 22.4 Å². The second kappa shape index (κ2) is 10.7. The number of carbonyl (C=O) groups is 1. The number of nitrogens with zero attached hydrogens (tertiary/aromatic N) is 6. The van der Waals surface area contributed by atoms with Crippen molar-refractivity contribution in [2.75, 3.05) is 43.4 Å². The van der Waals surface area contributed by atoms with Gasteiger partial charge in [0.1, 0.15) is 18.0 Å². The van der Waals surface area contributed by atoms with Gasteiger partial charge in [-0.3, -0.25) is 0 Å². The van der Waals surface area contributed by atoms with E-state index < -0.39 is 23.7 Å². The molecule has 4 heterocycles. The molecule has 0 saturated carbocycles. The lowest BCUT2D eigenvalue weighted by Crippen LogP contribution is -2.39. The number of alkyl halides is 3. The number of rotatable bonds is 7. The van der Waals surface area contributed by atoms with Gasteiger partial charge in [-0.25, -0.2) is 24.1 Å². The van der Waals surface area contributed by atoms with Crippen LogP contribution >= 0.6 is 0 Å². The number of carbonyl (C=O) groups excluding carboxylic acids is 1. The second-order valence-electron chi connectivity index (χ2n) is 9.66. The van der Waals surface area contributed by atoms with Gasteiger partial charge in [0.25, 0.3) is 0 Å². The number of hydrogen-bond donors (Lipinski definition) is 2. The fourth-order valence-corrected chi connectivity index (χ4v) is 4.98. The van der Waals surface area contributed by atoms with Crippen LogP contribution in [0, 0.1) is 5.82 Å². The van der Waals surface area contributed by atoms with Gasteiger partial charge in [0, 0.05) is 43.9 Å². The molecule has 1 aromatic carbocycles. The molecule has 0 radical (unpaired) electrons. The van der Waals surface area contributed by atoms with Crippen molar-refractivity contribution in [2.24, 2.45) is 5.73 Å². The van der Waals surface area contributed by atoms with Crippen molar-refractivity contribution in [3.8, 4) is 17.0 Å². The molecule has 0 atom stereocenters. The molecule has 5 rings (SSSR count). The molecule has 2 aromatic heterocycles. The Bertz CT molecular complexity index is 1350. The SMILES string of the molecule is NC(=O)Oc1c(N)ncnc1N1CCC(c2nc(-c3ccc(F)c(C(F)(F)F)c3)cn2CCN2CCC2)CC1. The van der Waals surface area contributed by atoms with E-state index in [-0.39, 0.29) is 23.0 Å². The maximum absolute atomic E-state index is 13.9. The largest absolute Gasteiger partial charge is 0.419 e. The van der Waals surface area contributed by atoms with Crippen LogP contribution in [0.2, 0.25) is 0 Å². The van der Waals surface area contributed by atoms with E-state index in [0.717, 1.165) is 44.0 Å². The first-order valence-corrected chi connectivity index (χ1v) is 12.6. The Morgan fingerprint density at radius 2 is 1.85 bits per heavy atom. The zero-order valence-corrected chi connectivity index (χ0v) is 21.0. The van der Waals surface area contributed by atoms with Crippen LogP contribution in [-0.2, 0) is 12.7 Å². The third kappa shape index (κ3) is 5.75. The summed E-state index contributed by atoms with van der Waals surface area (Å²) in [6.07, 6.45) is -0.369. The molecule has 208 valence electrons. The molecular formula is C25H28F4N8O2. The maximum atomic E-state index is 13.9. The van der Waals surface area contributed by atoms with Crippen LogP contribution < -0.4 is 21.1 Å². The van der Waals surface area contributed by atoms with Crippen LogP contribution in [0.3, 0.4) is 0 Å². The number of amides is 1. The fourth-order valence-electron chi connectivity index (χ4n) is 4.98. The van der Waals surface area contributed by atoms with E-state index in [1.54, 1.807) is 6.20 Å². The second-order valence-corrected chi connectivity index (χ2v) is 9.66. The molecule has 2 aliphatic rings. The Hall–Kier alpha value is -3.94. The number of nitrogen functional groups attached to an aromatic ring is 1. The van der Waals surface area contributed by atoms with Crippen molar-refractivity contribution in [1.82, 2.24) is 24.4 Å². The Labute approximate surface area is 221 Å². The number of likely N-dealkylation sites (tertiary alicyclic amines) is 1. The number of benzene rings is 1. The molecule has 4 N–H and O–H groups in total. The topological polar surface area (TPSA) is 128 Å². The van der Waals surface area contributed by atoms with Gasteiger partial charge < -0.3 is 30.6 Å². The lowest BCUT2D eigenvalue weighted by Gasteiger charge is -2.34. The predicted octanol–water partition coefficient (Wildman–Crippen LogP) is 3.63. The number of primary amides is 1. The van der Waals surface area contributed by atoms with E-state index in [4.69, 9.17) is 21.2 Å². The summed E-state index contributed by atoms with van der Waals surface area (Å²) in [6, 6.07) is 2.96. The van der Waals surface area contributed by atoms with Crippen molar-refractivity contribution < 1.29 is 27.1 Å². The highest BCUT2D eigenvalue weighted by Crippen LogP contribution is 2.37. The predicted molar refractivity (Wildman–Crippen MR) is 135 cm³/mol. The van der Waals surface area contributed by atoms with Crippen LogP contribution in [0.5, 0.6) is 5.75 Å². The zero-order valence-electron chi connectivity index (χ0n) is 21.0. The quantitative estimate of drug-likeness (QED) is 0.429. The number of hydrogen-bond acceptors (Lipinski definition) is 8. The Morgan fingerprint density at radius 3 is 2.49 bits per heavy atom. The van der Waals surface area contributed by atoms with Gasteiger partial charge in [-0.1, -0.05) is 0 Å². The first-order valence-electron chi connectivity index (χ1n) is 12.6. The summed E-state index contributed by atoms with van der Waals surface area (Å²) >= 11 is 0. The summed E-state index contributed by atoms with van der Waals surface area (Å²) in [7, 11) is 0. The number of anilines is 2. The normalized spacial score (nSPS) is 16.8. The average molecular weight is 549 g/mol. The first kappa shape index (κ1) is 26.7. The van der Waals surface area contributed by atoms with E-state index >= 15 is 0 Å². The highest BCUT2D eigenvalue weighted by molar-refractivity contribution is 5.74. The summed E-state index contributed by atoms with van der Waals surface area (Å²) in [5, 5.41) is 0. The molecule has 3 aromatic rings. The lowest BCUT2D eigenvalue weighted by atomic mass is 9.95. The van der Waals surface area contributed by atoms with Gasteiger partial charge in [-0.15, -0.1) is 0 Å². The minimum absolute atomic E-state index is 0.00133. The molecule has 14 heteroatoms. The average Bonchev–Trinajstić information content (AvgIpc) is 3.28. The first-order chi connectivity index (χ1) is 18.6. The van der Waals surface area contributed by atoms with Crippen molar-refractivity contribution >= 4 is 17.7 Å². The molecule has 2 aliphatic heterocycles. The Balaban J connectivity index is 1.39. The van der Waals surface area contributed by atoms with Crippen LogP contribution in [0.1, 0.15) is 36.6 Å². The van der Waals surface area contributed by atoms with Gasteiger partial charge in [-0.05, 0) is 50.6 Å². The number of halogens is 4. The Kier molecular flexibility index (Phi) is 7.30. The summed E-state index contributed by atoms with van der Waals surface area (Å²) in [6.45, 7) is 4.51. The third-order valence-corrected chi connectivity index (χ3v) is 7.16. The minimum atomic E-state index is -4.81. The molecule has 0 bridgehead atoms. The molecule has 2 saturated heterocycles. The van der Waals surface area contributed by atoms with Gasteiger partial charge in [0.15, 0.2) is 11.6 Å². The zero-order chi connectivity index (χ0) is 27.7. The number of piperidine rings is 1. The summed E-state index contributed by atoms with van der Waals surface area (Å²) in [5.74, 6) is -0.204. The summed E-state index contributed by atoms with van der Waals surface area (Å²) in [4.78, 5) is 28.4.